The molecule has 0 aromatic carbocycles. The maximum Gasteiger partial charge on any atom is 0.218 e. The molecule has 1 aliphatic rings. The second kappa shape index (κ2) is 4.34. The van der Waals surface area contributed by atoms with Crippen molar-refractivity contribution >= 4 is 5.78 Å². The molecule has 3 heterocycles. The van der Waals surface area contributed by atoms with E-state index in [0.717, 1.165) is 19.6 Å². The van der Waals surface area contributed by atoms with E-state index < -0.39 is 0 Å². The second-order valence-corrected chi connectivity index (χ2v) is 4.31. The summed E-state index contributed by atoms with van der Waals surface area (Å²) >= 11 is 0. The predicted octanol–water partition coefficient (Wildman–Crippen LogP) is -0.130. The molecule has 1 aliphatic heterocycles. The molecule has 1 N–H and O–H groups in total. The summed E-state index contributed by atoms with van der Waals surface area (Å²) in [5, 5.41) is 15.2. The summed E-state index contributed by atoms with van der Waals surface area (Å²) in [6, 6.07) is 0.317. The van der Waals surface area contributed by atoms with Crippen molar-refractivity contribution in [1.29, 1.82) is 0 Å². The number of nitrogens with one attached hydrogen (secondary N) is 1. The number of hydrogen-bond acceptors (Lipinski definition) is 5. The van der Waals surface area contributed by atoms with E-state index in [9.17, 15) is 4.79 Å². The van der Waals surface area contributed by atoms with Gasteiger partial charge in [-0.2, -0.15) is 5.10 Å². The van der Waals surface area contributed by atoms with Gasteiger partial charge in [-0.25, -0.2) is 4.68 Å². The lowest BCUT2D eigenvalue weighted by molar-refractivity contribution is 0.103. The van der Waals surface area contributed by atoms with Crippen LogP contribution in [0.5, 0.6) is 0 Å². The van der Waals surface area contributed by atoms with Crippen LogP contribution in [0, 0.1) is 0 Å². The molecule has 0 spiro atoms. The highest BCUT2D eigenvalue weighted by molar-refractivity contribution is 6.07. The van der Waals surface area contributed by atoms with Gasteiger partial charge < -0.3 is 5.32 Å². The first-order valence-electron chi connectivity index (χ1n) is 5.97. The Kier molecular flexibility index (Phi) is 2.67. The summed E-state index contributed by atoms with van der Waals surface area (Å²) in [6.45, 7) is 4.48. The molecule has 0 bridgehead atoms. The third-order valence-electron chi connectivity index (χ3n) is 3.10. The van der Waals surface area contributed by atoms with E-state index in [4.69, 9.17) is 0 Å². The van der Waals surface area contributed by atoms with Crippen LogP contribution in [-0.2, 0) is 6.54 Å². The van der Waals surface area contributed by atoms with Gasteiger partial charge in [-0.05, 0) is 6.92 Å². The van der Waals surface area contributed by atoms with Crippen molar-refractivity contribution in [3.05, 3.63) is 29.8 Å². The summed E-state index contributed by atoms with van der Waals surface area (Å²) < 4.78 is 3.46. The average molecular weight is 246 g/mol. The van der Waals surface area contributed by atoms with Gasteiger partial charge in [0, 0.05) is 25.8 Å². The van der Waals surface area contributed by atoms with Gasteiger partial charge in [-0.15, -0.1) is 5.10 Å². The fourth-order valence-electron chi connectivity index (χ4n) is 1.82. The molecule has 0 saturated carbocycles. The molecule has 0 atom stereocenters. The highest BCUT2D eigenvalue weighted by Crippen LogP contribution is 2.12. The van der Waals surface area contributed by atoms with Crippen LogP contribution in [0.3, 0.4) is 0 Å². The number of carbonyl (C=O) groups is 1. The van der Waals surface area contributed by atoms with E-state index in [1.807, 2.05) is 6.92 Å². The number of hydrogen-bond donors (Lipinski definition) is 1. The monoisotopic (exact) mass is 246 g/mol. The third-order valence-corrected chi connectivity index (χ3v) is 3.10. The van der Waals surface area contributed by atoms with Crippen LogP contribution >= 0.6 is 0 Å². The molecule has 94 valence electrons. The lowest BCUT2D eigenvalue weighted by Crippen LogP contribution is -2.43. The number of nitrogens with zero attached hydrogens (tertiary/aromatic N) is 5. The van der Waals surface area contributed by atoms with Crippen LogP contribution in [0.4, 0.5) is 0 Å². The fraction of sp³-hybridized carbons (Fsp3) is 0.455. The van der Waals surface area contributed by atoms with E-state index in [1.54, 1.807) is 28.0 Å². The molecular formula is C11H14N6O. The van der Waals surface area contributed by atoms with Crippen LogP contribution in [0.15, 0.2) is 18.6 Å². The number of ketones is 1. The van der Waals surface area contributed by atoms with Gasteiger partial charge in [-0.3, -0.25) is 9.48 Å². The molecular weight excluding hydrogens is 232 g/mol. The van der Waals surface area contributed by atoms with Crippen molar-refractivity contribution in [1.82, 2.24) is 30.1 Å². The first kappa shape index (κ1) is 11.1. The van der Waals surface area contributed by atoms with Crippen molar-refractivity contribution in [3.8, 4) is 0 Å². The van der Waals surface area contributed by atoms with Crippen molar-refractivity contribution < 1.29 is 4.79 Å². The average Bonchev–Trinajstić information content (AvgIpc) is 2.94. The minimum Gasteiger partial charge on any atom is -0.312 e. The Morgan fingerprint density at radius 3 is 2.94 bits per heavy atom. The number of carbonyl (C=O) groups excluding carboxylic acids is 1. The normalized spacial score (nSPS) is 15.6. The summed E-state index contributed by atoms with van der Waals surface area (Å²) in [6.07, 6.45) is 5.00. The molecule has 0 amide bonds. The molecule has 3 rings (SSSR count). The van der Waals surface area contributed by atoms with Gasteiger partial charge in [0.15, 0.2) is 5.69 Å². The Labute approximate surface area is 104 Å². The van der Waals surface area contributed by atoms with Crippen molar-refractivity contribution in [2.75, 3.05) is 13.1 Å². The summed E-state index contributed by atoms with van der Waals surface area (Å²) in [4.78, 5) is 12.1. The molecule has 7 nitrogen and oxygen atoms in total. The van der Waals surface area contributed by atoms with E-state index in [1.165, 1.54) is 0 Å². The third kappa shape index (κ3) is 1.82. The van der Waals surface area contributed by atoms with E-state index >= 15 is 0 Å². The molecule has 2 aromatic rings. The molecule has 18 heavy (non-hydrogen) atoms. The number of rotatable bonds is 4. The molecule has 7 heteroatoms. The predicted molar refractivity (Wildman–Crippen MR) is 63.3 cm³/mol. The van der Waals surface area contributed by atoms with Gasteiger partial charge in [0.25, 0.3) is 0 Å². The SMILES string of the molecule is CCn1cc(C(=O)c2cn(C3CNC3)nn2)cn1. The Balaban J connectivity index is 1.80. The van der Waals surface area contributed by atoms with Gasteiger partial charge in [0.1, 0.15) is 0 Å². The lowest BCUT2D eigenvalue weighted by atomic mass is 10.1. The quantitative estimate of drug-likeness (QED) is 0.760. The largest absolute Gasteiger partial charge is 0.312 e. The Morgan fingerprint density at radius 2 is 2.33 bits per heavy atom. The minimum absolute atomic E-state index is 0.131. The van der Waals surface area contributed by atoms with Crippen LogP contribution in [0.25, 0.3) is 0 Å². The topological polar surface area (TPSA) is 77.6 Å². The second-order valence-electron chi connectivity index (χ2n) is 4.31. The maximum absolute atomic E-state index is 12.1. The molecule has 2 aromatic heterocycles. The summed E-state index contributed by atoms with van der Waals surface area (Å²) in [5.74, 6) is -0.131. The van der Waals surface area contributed by atoms with E-state index in [0.29, 0.717) is 17.3 Å². The standard InChI is InChI=1S/C11H14N6O/c1-2-16-6-8(3-13-16)11(18)10-7-17(15-14-10)9-4-12-5-9/h3,6-7,9,12H,2,4-5H2,1H3. The van der Waals surface area contributed by atoms with Crippen molar-refractivity contribution in [3.63, 3.8) is 0 Å². The van der Waals surface area contributed by atoms with Crippen LogP contribution in [0.1, 0.15) is 29.0 Å². The molecule has 0 aliphatic carbocycles. The Hall–Kier alpha value is -2.02. The first-order chi connectivity index (χ1) is 8.78. The van der Waals surface area contributed by atoms with E-state index in [2.05, 4.69) is 20.7 Å². The maximum atomic E-state index is 12.1. The van der Waals surface area contributed by atoms with Crippen LogP contribution in [0.2, 0.25) is 0 Å². The van der Waals surface area contributed by atoms with Gasteiger partial charge in [0.05, 0.1) is 24.0 Å². The smallest absolute Gasteiger partial charge is 0.218 e. The van der Waals surface area contributed by atoms with Gasteiger partial charge in [0.2, 0.25) is 5.78 Å². The molecule has 0 radical (unpaired) electrons. The molecule has 0 unspecified atom stereocenters. The van der Waals surface area contributed by atoms with Gasteiger partial charge in [-0.1, -0.05) is 5.21 Å². The van der Waals surface area contributed by atoms with Crippen molar-refractivity contribution in [2.24, 2.45) is 0 Å². The number of aromatic nitrogens is 5. The minimum atomic E-state index is -0.131. The zero-order chi connectivity index (χ0) is 12.5. The van der Waals surface area contributed by atoms with Gasteiger partial charge >= 0.3 is 0 Å². The zero-order valence-electron chi connectivity index (χ0n) is 10.1. The highest BCUT2D eigenvalue weighted by atomic mass is 16.1. The van der Waals surface area contributed by atoms with Crippen LogP contribution < -0.4 is 5.32 Å². The molecule has 1 fully saturated rings. The Morgan fingerprint density at radius 1 is 1.50 bits per heavy atom. The summed E-state index contributed by atoms with van der Waals surface area (Å²) in [7, 11) is 0. The van der Waals surface area contributed by atoms with Crippen molar-refractivity contribution in [2.45, 2.75) is 19.5 Å². The van der Waals surface area contributed by atoms with Crippen LogP contribution in [-0.4, -0.2) is 43.6 Å². The first-order valence-corrected chi connectivity index (χ1v) is 5.97. The number of aryl methyl sites for hydroxylation is 1. The lowest BCUT2D eigenvalue weighted by Gasteiger charge is -2.26. The molecule has 1 saturated heterocycles. The Bertz CT molecular complexity index is 568. The fourth-order valence-corrected chi connectivity index (χ4v) is 1.82. The highest BCUT2D eigenvalue weighted by Gasteiger charge is 2.22. The zero-order valence-corrected chi connectivity index (χ0v) is 10.1. The van der Waals surface area contributed by atoms with E-state index in [-0.39, 0.29) is 5.78 Å². The summed E-state index contributed by atoms with van der Waals surface area (Å²) in [5.41, 5.74) is 0.924.